The van der Waals surface area contributed by atoms with Gasteiger partial charge in [0.25, 0.3) is 0 Å². The Morgan fingerprint density at radius 2 is 1.79 bits per heavy atom. The van der Waals surface area contributed by atoms with Gasteiger partial charge in [-0.1, -0.05) is 48.9 Å². The molecule has 0 bridgehead atoms. The molecule has 3 amide bonds. The number of nitrogens with zero attached hydrogens (tertiary/aromatic N) is 1. The highest BCUT2D eigenvalue weighted by atomic mass is 16.2. The molecule has 0 saturated carbocycles. The monoisotopic (exact) mass is 329 g/mol. The topological polar surface area (TPSA) is 61.4 Å². The summed E-state index contributed by atoms with van der Waals surface area (Å²) in [6.07, 6.45) is 5.27. The lowest BCUT2D eigenvalue weighted by Crippen LogP contribution is -2.44. The predicted octanol–water partition coefficient (Wildman–Crippen LogP) is 2.79. The molecule has 130 valence electrons. The van der Waals surface area contributed by atoms with Crippen molar-refractivity contribution in [1.82, 2.24) is 15.5 Å². The van der Waals surface area contributed by atoms with Crippen molar-refractivity contribution in [3.05, 3.63) is 41.5 Å². The van der Waals surface area contributed by atoms with Gasteiger partial charge in [-0.25, -0.2) is 4.79 Å². The molecule has 0 atom stereocenters. The summed E-state index contributed by atoms with van der Waals surface area (Å²) in [6.45, 7) is 4.55. The minimum Gasteiger partial charge on any atom is -0.356 e. The van der Waals surface area contributed by atoms with Gasteiger partial charge in [-0.15, -0.1) is 0 Å². The van der Waals surface area contributed by atoms with Gasteiger partial charge >= 0.3 is 6.03 Å². The van der Waals surface area contributed by atoms with Crippen LogP contribution in [0.5, 0.6) is 0 Å². The lowest BCUT2D eigenvalue weighted by molar-refractivity contribution is -0.120. The molecule has 0 radical (unpaired) electrons. The van der Waals surface area contributed by atoms with Crippen LogP contribution in [0.3, 0.4) is 0 Å². The van der Waals surface area contributed by atoms with Crippen LogP contribution in [-0.2, 0) is 4.79 Å². The average Bonchev–Trinajstić information content (AvgIpc) is 2.61. The average molecular weight is 329 g/mol. The fourth-order valence-electron chi connectivity index (χ4n) is 2.67. The van der Waals surface area contributed by atoms with Crippen molar-refractivity contribution in [3.8, 4) is 0 Å². The summed E-state index contributed by atoms with van der Waals surface area (Å²) in [5, 5.41) is 5.63. The summed E-state index contributed by atoms with van der Waals surface area (Å²) >= 11 is 0. The van der Waals surface area contributed by atoms with Gasteiger partial charge in [-0.3, -0.25) is 4.79 Å². The quantitative estimate of drug-likeness (QED) is 0.843. The van der Waals surface area contributed by atoms with Gasteiger partial charge < -0.3 is 15.5 Å². The number of hydrogen-bond donors (Lipinski definition) is 2. The summed E-state index contributed by atoms with van der Waals surface area (Å²) in [5.41, 5.74) is 2.59. The minimum atomic E-state index is -0.0722. The number of piperidine rings is 1. The maximum atomic E-state index is 12.1. The Kier molecular flexibility index (Phi) is 7.33. The van der Waals surface area contributed by atoms with E-state index in [1.807, 2.05) is 30.0 Å². The van der Waals surface area contributed by atoms with E-state index in [0.717, 1.165) is 32.4 Å². The third-order valence-corrected chi connectivity index (χ3v) is 4.06. The maximum Gasteiger partial charge on any atom is 0.317 e. The second-order valence-electron chi connectivity index (χ2n) is 6.03. The lowest BCUT2D eigenvalue weighted by atomic mass is 10.0. The van der Waals surface area contributed by atoms with E-state index >= 15 is 0 Å². The first-order valence-electron chi connectivity index (χ1n) is 8.73. The third-order valence-electron chi connectivity index (χ3n) is 4.06. The van der Waals surface area contributed by atoms with E-state index in [0.29, 0.717) is 19.5 Å². The second kappa shape index (κ2) is 9.75. The van der Waals surface area contributed by atoms with Crippen LogP contribution in [0, 0.1) is 0 Å². The summed E-state index contributed by atoms with van der Waals surface area (Å²) in [6, 6.07) is 10.2. The number of carbonyl (C=O) groups is 2. The highest BCUT2D eigenvalue weighted by Crippen LogP contribution is 2.19. The van der Waals surface area contributed by atoms with E-state index in [1.54, 1.807) is 0 Å². The molecule has 5 nitrogen and oxygen atoms in total. The largest absolute Gasteiger partial charge is 0.356 e. The van der Waals surface area contributed by atoms with E-state index in [9.17, 15) is 9.59 Å². The van der Waals surface area contributed by atoms with Crippen LogP contribution in [0.4, 0.5) is 4.79 Å². The van der Waals surface area contributed by atoms with Crippen molar-refractivity contribution in [3.63, 3.8) is 0 Å². The molecular weight excluding hydrogens is 302 g/mol. The Morgan fingerprint density at radius 1 is 1.08 bits per heavy atom. The van der Waals surface area contributed by atoms with Crippen LogP contribution in [0.1, 0.15) is 38.2 Å². The number of hydrogen-bond acceptors (Lipinski definition) is 2. The Hall–Kier alpha value is -2.30. The molecule has 1 aliphatic heterocycles. The van der Waals surface area contributed by atoms with E-state index < -0.39 is 0 Å². The highest BCUT2D eigenvalue weighted by Gasteiger charge is 2.18. The lowest BCUT2D eigenvalue weighted by Gasteiger charge is -2.28. The van der Waals surface area contributed by atoms with Crippen molar-refractivity contribution in [2.24, 2.45) is 0 Å². The van der Waals surface area contributed by atoms with Crippen molar-refractivity contribution in [2.75, 3.05) is 26.2 Å². The zero-order chi connectivity index (χ0) is 17.2. The summed E-state index contributed by atoms with van der Waals surface area (Å²) < 4.78 is 0. The molecule has 0 unspecified atom stereocenters. The van der Waals surface area contributed by atoms with E-state index in [2.05, 4.69) is 28.8 Å². The first-order chi connectivity index (χ1) is 11.7. The Morgan fingerprint density at radius 3 is 2.46 bits per heavy atom. The zero-order valence-electron chi connectivity index (χ0n) is 14.4. The molecule has 1 aromatic rings. The molecule has 0 aliphatic carbocycles. The third kappa shape index (κ3) is 6.07. The number of amides is 3. The SMILES string of the molecule is CCCNC(=O)CCNC(=O)N1CCC(=Cc2ccccc2)CC1. The van der Waals surface area contributed by atoms with E-state index in [1.165, 1.54) is 11.1 Å². The molecule has 24 heavy (non-hydrogen) atoms. The van der Waals surface area contributed by atoms with Crippen LogP contribution in [0.2, 0.25) is 0 Å². The molecule has 0 spiro atoms. The van der Waals surface area contributed by atoms with Crippen molar-refractivity contribution in [1.29, 1.82) is 0 Å². The number of likely N-dealkylation sites (tertiary alicyclic amines) is 1. The molecule has 2 rings (SSSR count). The maximum absolute atomic E-state index is 12.1. The first kappa shape index (κ1) is 18.0. The molecular formula is C19H27N3O2. The molecule has 0 aromatic heterocycles. The fourth-order valence-corrected chi connectivity index (χ4v) is 2.67. The highest BCUT2D eigenvalue weighted by molar-refractivity contribution is 5.78. The van der Waals surface area contributed by atoms with Gasteiger partial charge in [0.15, 0.2) is 0 Å². The number of nitrogens with one attached hydrogen (secondary N) is 2. The zero-order valence-corrected chi connectivity index (χ0v) is 14.4. The number of benzene rings is 1. The van der Waals surface area contributed by atoms with Gasteiger partial charge in [-0.2, -0.15) is 0 Å². The second-order valence-corrected chi connectivity index (χ2v) is 6.03. The van der Waals surface area contributed by atoms with Gasteiger partial charge in [0.1, 0.15) is 0 Å². The smallest absolute Gasteiger partial charge is 0.317 e. The minimum absolute atomic E-state index is 0.0103. The van der Waals surface area contributed by atoms with Crippen LogP contribution in [-0.4, -0.2) is 43.0 Å². The van der Waals surface area contributed by atoms with Crippen LogP contribution < -0.4 is 10.6 Å². The molecule has 1 heterocycles. The molecule has 2 N–H and O–H groups in total. The number of rotatable bonds is 6. The van der Waals surface area contributed by atoms with Gasteiger partial charge in [0, 0.05) is 32.6 Å². The van der Waals surface area contributed by atoms with Crippen molar-refractivity contribution < 1.29 is 9.59 Å². The van der Waals surface area contributed by atoms with Crippen molar-refractivity contribution in [2.45, 2.75) is 32.6 Å². The van der Waals surface area contributed by atoms with Gasteiger partial charge in [0.2, 0.25) is 5.91 Å². The fraction of sp³-hybridized carbons (Fsp3) is 0.474. The molecule has 1 fully saturated rings. The number of urea groups is 1. The van der Waals surface area contributed by atoms with Crippen LogP contribution in [0.15, 0.2) is 35.9 Å². The Bertz CT molecular complexity index is 559. The van der Waals surface area contributed by atoms with Crippen molar-refractivity contribution >= 4 is 18.0 Å². The summed E-state index contributed by atoms with van der Waals surface area (Å²) in [5.74, 6) is -0.0103. The molecule has 1 aliphatic rings. The number of carbonyl (C=O) groups excluding carboxylic acids is 2. The molecule has 1 saturated heterocycles. The van der Waals surface area contributed by atoms with Gasteiger partial charge in [-0.05, 0) is 24.8 Å². The Balaban J connectivity index is 1.69. The molecule has 1 aromatic carbocycles. The summed E-state index contributed by atoms with van der Waals surface area (Å²) in [4.78, 5) is 25.4. The van der Waals surface area contributed by atoms with E-state index in [-0.39, 0.29) is 11.9 Å². The first-order valence-corrected chi connectivity index (χ1v) is 8.73. The van der Waals surface area contributed by atoms with Crippen LogP contribution >= 0.6 is 0 Å². The Labute approximate surface area is 144 Å². The standard InChI is InChI=1S/C19H27N3O2/c1-2-11-20-18(23)8-12-21-19(24)22-13-9-17(10-14-22)15-16-6-4-3-5-7-16/h3-7,15H,2,8-14H2,1H3,(H,20,23)(H,21,24). The summed E-state index contributed by atoms with van der Waals surface area (Å²) in [7, 11) is 0. The predicted molar refractivity (Wildman–Crippen MR) is 96.5 cm³/mol. The van der Waals surface area contributed by atoms with Gasteiger partial charge in [0.05, 0.1) is 0 Å². The van der Waals surface area contributed by atoms with Crippen LogP contribution in [0.25, 0.3) is 6.08 Å². The van der Waals surface area contributed by atoms with E-state index in [4.69, 9.17) is 0 Å². The normalized spacial score (nSPS) is 14.2. The molecule has 5 heteroatoms.